The smallest absolute Gasteiger partial charge is 0.264 e. The zero-order valence-corrected chi connectivity index (χ0v) is 17.4. The molecule has 9 heteroatoms. The summed E-state index contributed by atoms with van der Waals surface area (Å²) in [6.45, 7) is 7.05. The molecule has 0 aromatic heterocycles. The molecule has 0 bridgehead atoms. The van der Waals surface area contributed by atoms with Crippen molar-refractivity contribution < 1.29 is 13.2 Å². The molecule has 1 saturated carbocycles. The molecule has 3 N–H and O–H groups in total. The van der Waals surface area contributed by atoms with Gasteiger partial charge >= 0.3 is 0 Å². The molecule has 154 valence electrons. The number of sulfonamides is 1. The van der Waals surface area contributed by atoms with Crippen molar-refractivity contribution in [2.75, 3.05) is 18.7 Å². The fourth-order valence-corrected chi connectivity index (χ4v) is 4.91. The molecular weight excluding hydrogens is 378 g/mol. The number of aliphatic imine (C=N–C) groups is 1. The molecule has 0 radical (unpaired) electrons. The summed E-state index contributed by atoms with van der Waals surface area (Å²) in [5.41, 5.74) is 0.547. The highest BCUT2D eigenvalue weighted by molar-refractivity contribution is 7.90. The molecule has 1 aromatic rings. The van der Waals surface area contributed by atoms with Gasteiger partial charge in [-0.2, -0.15) is 0 Å². The van der Waals surface area contributed by atoms with E-state index >= 15 is 0 Å². The van der Waals surface area contributed by atoms with Gasteiger partial charge in [0.15, 0.2) is 0 Å². The molecule has 1 aliphatic heterocycles. The molecule has 8 nitrogen and oxygen atoms in total. The van der Waals surface area contributed by atoms with Gasteiger partial charge in [-0.3, -0.25) is 9.69 Å². The quantitative estimate of drug-likeness (QED) is 0.708. The molecule has 3 rings (SSSR count). The summed E-state index contributed by atoms with van der Waals surface area (Å²) in [6.07, 6.45) is 3.66. The van der Waals surface area contributed by atoms with Crippen LogP contribution >= 0.6 is 0 Å². The number of hydrogen-bond donors (Lipinski definition) is 3. The Hall–Kier alpha value is -2.13. The van der Waals surface area contributed by atoms with Gasteiger partial charge < -0.3 is 10.6 Å². The van der Waals surface area contributed by atoms with Crippen LogP contribution in [0.1, 0.15) is 40.0 Å². The predicted molar refractivity (Wildman–Crippen MR) is 109 cm³/mol. The van der Waals surface area contributed by atoms with Gasteiger partial charge in [0.1, 0.15) is 0 Å². The third-order valence-electron chi connectivity index (χ3n) is 5.71. The highest BCUT2D eigenvalue weighted by atomic mass is 32.2. The number of hydrogen-bond acceptors (Lipinski definition) is 6. The Morgan fingerprint density at radius 2 is 1.93 bits per heavy atom. The van der Waals surface area contributed by atoms with Crippen molar-refractivity contribution in [1.29, 1.82) is 0 Å². The number of benzene rings is 1. The monoisotopic (exact) mass is 407 g/mol. The van der Waals surface area contributed by atoms with Gasteiger partial charge in [0, 0.05) is 18.7 Å². The lowest BCUT2D eigenvalue weighted by Gasteiger charge is -2.42. The van der Waals surface area contributed by atoms with E-state index in [1.54, 1.807) is 12.1 Å². The standard InChI is InChI=1S/C19H29N5O3S/c1-13-5-4-6-18(14(13)2)24-11-20-19(21-12-24)23-28(26,27)17-9-7-16(8-10-17)22-15(3)25/h7-10,13-14,18H,4-6,11-12H2,1-3H3,(H,22,25)(H2,20,21,23)/t13-,14-,18-/m1/s1. The van der Waals surface area contributed by atoms with E-state index in [1.807, 2.05) is 0 Å². The maximum Gasteiger partial charge on any atom is 0.264 e. The first kappa shape index (κ1) is 20.6. The van der Waals surface area contributed by atoms with Crippen molar-refractivity contribution in [3.05, 3.63) is 24.3 Å². The molecule has 1 aromatic carbocycles. The first-order valence-electron chi connectivity index (χ1n) is 9.69. The summed E-state index contributed by atoms with van der Waals surface area (Å²) < 4.78 is 27.7. The van der Waals surface area contributed by atoms with Crippen LogP contribution in [0.15, 0.2) is 34.2 Å². The maximum absolute atomic E-state index is 12.6. The zero-order valence-electron chi connectivity index (χ0n) is 16.6. The Kier molecular flexibility index (Phi) is 6.24. The maximum atomic E-state index is 12.6. The second kappa shape index (κ2) is 8.48. The van der Waals surface area contributed by atoms with Crippen molar-refractivity contribution >= 4 is 27.6 Å². The Morgan fingerprint density at radius 3 is 2.54 bits per heavy atom. The summed E-state index contributed by atoms with van der Waals surface area (Å²) >= 11 is 0. The molecule has 28 heavy (non-hydrogen) atoms. The number of amides is 1. The fraction of sp³-hybridized carbons (Fsp3) is 0.579. The summed E-state index contributed by atoms with van der Waals surface area (Å²) in [5, 5.41) is 5.71. The lowest BCUT2D eigenvalue weighted by molar-refractivity contribution is -0.114. The average Bonchev–Trinajstić information content (AvgIpc) is 2.64. The number of anilines is 1. The number of guanidine groups is 1. The Labute approximate surface area is 166 Å². The van der Waals surface area contributed by atoms with E-state index < -0.39 is 10.0 Å². The Balaban J connectivity index is 1.62. The number of nitrogens with one attached hydrogen (secondary N) is 3. The topological polar surface area (TPSA) is 103 Å². The molecule has 1 aliphatic carbocycles. The minimum absolute atomic E-state index is 0.114. The summed E-state index contributed by atoms with van der Waals surface area (Å²) in [5.74, 6) is 1.36. The summed E-state index contributed by atoms with van der Waals surface area (Å²) in [7, 11) is -3.74. The van der Waals surface area contributed by atoms with Gasteiger partial charge in [-0.1, -0.05) is 26.7 Å². The van der Waals surface area contributed by atoms with E-state index in [1.165, 1.54) is 31.9 Å². The molecule has 1 heterocycles. The molecule has 0 unspecified atom stereocenters. The second-order valence-corrected chi connectivity index (χ2v) is 9.40. The van der Waals surface area contributed by atoms with Crippen molar-refractivity contribution in [1.82, 2.24) is 14.9 Å². The zero-order chi connectivity index (χ0) is 20.3. The first-order chi connectivity index (χ1) is 13.3. The first-order valence-corrected chi connectivity index (χ1v) is 11.2. The van der Waals surface area contributed by atoms with E-state index in [2.05, 4.69) is 39.1 Å². The van der Waals surface area contributed by atoms with Crippen LogP contribution < -0.4 is 15.4 Å². The highest BCUT2D eigenvalue weighted by Gasteiger charge is 2.32. The van der Waals surface area contributed by atoms with E-state index in [0.29, 0.717) is 36.9 Å². The van der Waals surface area contributed by atoms with Gasteiger partial charge in [0.05, 0.1) is 18.2 Å². The van der Waals surface area contributed by atoms with Crippen LogP contribution in [-0.4, -0.2) is 44.6 Å². The van der Waals surface area contributed by atoms with E-state index in [4.69, 9.17) is 0 Å². The highest BCUT2D eigenvalue weighted by Crippen LogP contribution is 2.32. The molecule has 0 spiro atoms. The van der Waals surface area contributed by atoms with Crippen molar-refractivity contribution in [3.8, 4) is 0 Å². The average molecular weight is 408 g/mol. The number of carbonyl (C=O) groups is 1. The van der Waals surface area contributed by atoms with Gasteiger partial charge in [0.25, 0.3) is 10.0 Å². The number of nitrogens with zero attached hydrogens (tertiary/aromatic N) is 2. The van der Waals surface area contributed by atoms with E-state index in [0.717, 1.165) is 6.42 Å². The Morgan fingerprint density at radius 1 is 1.21 bits per heavy atom. The van der Waals surface area contributed by atoms with E-state index in [9.17, 15) is 13.2 Å². The number of rotatable bonds is 4. The van der Waals surface area contributed by atoms with E-state index in [-0.39, 0.29) is 16.8 Å². The van der Waals surface area contributed by atoms with Crippen LogP contribution in [0.5, 0.6) is 0 Å². The second-order valence-electron chi connectivity index (χ2n) is 7.72. The normalized spacial score (nSPS) is 26.1. The van der Waals surface area contributed by atoms with Gasteiger partial charge in [-0.05, 0) is 42.5 Å². The van der Waals surface area contributed by atoms with Crippen LogP contribution in [0.2, 0.25) is 0 Å². The van der Waals surface area contributed by atoms with Crippen molar-refractivity contribution in [2.24, 2.45) is 16.8 Å². The minimum atomic E-state index is -3.74. The van der Waals surface area contributed by atoms with Crippen LogP contribution in [0.4, 0.5) is 5.69 Å². The fourth-order valence-electron chi connectivity index (χ4n) is 3.91. The number of carbonyl (C=O) groups excluding carboxylic acids is 1. The minimum Gasteiger partial charge on any atom is -0.343 e. The summed E-state index contributed by atoms with van der Waals surface area (Å²) in [6, 6.07) is 6.49. The Bertz CT molecular complexity index is 838. The van der Waals surface area contributed by atoms with Crippen LogP contribution in [0.25, 0.3) is 0 Å². The van der Waals surface area contributed by atoms with Crippen LogP contribution in [0, 0.1) is 11.8 Å². The molecule has 2 aliphatic rings. The molecule has 0 saturated heterocycles. The molecule has 3 atom stereocenters. The third-order valence-corrected chi connectivity index (χ3v) is 7.06. The summed E-state index contributed by atoms with van der Waals surface area (Å²) in [4.78, 5) is 17.9. The molecule has 1 fully saturated rings. The largest absolute Gasteiger partial charge is 0.343 e. The van der Waals surface area contributed by atoms with Gasteiger partial charge in [0.2, 0.25) is 11.9 Å². The van der Waals surface area contributed by atoms with Crippen molar-refractivity contribution in [3.63, 3.8) is 0 Å². The van der Waals surface area contributed by atoms with Gasteiger partial charge in [-0.25, -0.2) is 18.1 Å². The van der Waals surface area contributed by atoms with Crippen LogP contribution in [-0.2, 0) is 14.8 Å². The predicted octanol–water partition coefficient (Wildman–Crippen LogP) is 1.92. The van der Waals surface area contributed by atoms with Crippen LogP contribution in [0.3, 0.4) is 0 Å². The third kappa shape index (κ3) is 4.82. The SMILES string of the molecule is CC(=O)Nc1ccc(S(=O)(=O)NC2=NCN([C@@H]3CCC[C@@H](C)[C@H]3C)CN2)cc1. The lowest BCUT2D eigenvalue weighted by atomic mass is 9.77. The lowest BCUT2D eigenvalue weighted by Crippen LogP contribution is -2.55. The van der Waals surface area contributed by atoms with Crippen molar-refractivity contribution in [2.45, 2.75) is 51.0 Å². The molecule has 1 amide bonds. The van der Waals surface area contributed by atoms with Gasteiger partial charge in [-0.15, -0.1) is 0 Å². The molecular formula is C19H29N5O3S.